The number of carbonyl (C=O) groups is 1. The monoisotopic (exact) mass is 489 g/mol. The quantitative estimate of drug-likeness (QED) is 0.331. The van der Waals surface area contributed by atoms with Crippen LogP contribution in [-0.4, -0.2) is 27.7 Å². The first-order valence-electron chi connectivity index (χ1n) is 10.0. The van der Waals surface area contributed by atoms with Gasteiger partial charge in [0, 0.05) is 18.4 Å². The van der Waals surface area contributed by atoms with Crippen LogP contribution >= 0.6 is 11.6 Å². The van der Waals surface area contributed by atoms with Crippen molar-refractivity contribution in [1.29, 1.82) is 0 Å². The molecule has 0 saturated heterocycles. The highest BCUT2D eigenvalue weighted by molar-refractivity contribution is 6.33. The lowest BCUT2D eigenvalue weighted by Crippen LogP contribution is -2.20. The second-order valence-corrected chi connectivity index (χ2v) is 7.76. The number of benzene rings is 2. The number of anilines is 2. The van der Waals surface area contributed by atoms with E-state index in [1.54, 1.807) is 24.4 Å². The molecule has 11 heteroatoms. The van der Waals surface area contributed by atoms with Crippen molar-refractivity contribution in [3.05, 3.63) is 76.8 Å². The fourth-order valence-electron chi connectivity index (χ4n) is 3.49. The van der Waals surface area contributed by atoms with Gasteiger partial charge in [-0.3, -0.25) is 0 Å². The average Bonchev–Trinajstić information content (AvgIpc) is 3.10. The number of methoxy groups -OCH3 is 1. The van der Waals surface area contributed by atoms with E-state index in [1.807, 2.05) is 23.6 Å². The Morgan fingerprint density at radius 3 is 2.53 bits per heavy atom. The molecule has 0 fully saturated rings. The number of halogens is 4. The lowest BCUT2D eigenvalue weighted by atomic mass is 10.1. The lowest BCUT2D eigenvalue weighted by molar-refractivity contribution is -0.137. The first-order valence-corrected chi connectivity index (χ1v) is 10.4. The summed E-state index contributed by atoms with van der Waals surface area (Å²) in [5.74, 6) is 0.885. The van der Waals surface area contributed by atoms with E-state index in [0.29, 0.717) is 17.4 Å². The van der Waals surface area contributed by atoms with Gasteiger partial charge in [-0.05, 0) is 48.9 Å². The van der Waals surface area contributed by atoms with Crippen molar-refractivity contribution < 1.29 is 22.7 Å². The minimum atomic E-state index is -4.55. The van der Waals surface area contributed by atoms with Crippen LogP contribution in [0.15, 0.2) is 54.7 Å². The van der Waals surface area contributed by atoms with Gasteiger partial charge in [0.05, 0.1) is 23.9 Å². The summed E-state index contributed by atoms with van der Waals surface area (Å²) in [6.45, 7) is 2.36. The fraction of sp³-hybridized carbons (Fsp3) is 0.174. The Bertz CT molecular complexity index is 1350. The van der Waals surface area contributed by atoms with E-state index < -0.39 is 17.8 Å². The molecule has 0 aliphatic carbocycles. The number of aromatic nitrogens is 3. The summed E-state index contributed by atoms with van der Waals surface area (Å²) in [6.07, 6.45) is -2.95. The third-order valence-corrected chi connectivity index (χ3v) is 5.41. The molecule has 0 aliphatic rings. The highest BCUT2D eigenvalue weighted by Gasteiger charge is 2.31. The second kappa shape index (κ2) is 9.22. The number of nitrogens with zero attached hydrogens (tertiary/aromatic N) is 3. The molecule has 2 N–H and O–H groups in total. The maximum atomic E-state index is 13.0. The second-order valence-electron chi connectivity index (χ2n) is 7.40. The molecule has 0 atom stereocenters. The van der Waals surface area contributed by atoms with Crippen molar-refractivity contribution in [2.75, 3.05) is 17.7 Å². The molecule has 2 heterocycles. The molecule has 0 radical (unpaired) electrons. The summed E-state index contributed by atoms with van der Waals surface area (Å²) in [5.41, 5.74) is 1.87. The minimum absolute atomic E-state index is 0.0978. The van der Waals surface area contributed by atoms with Crippen LogP contribution in [0.3, 0.4) is 0 Å². The first-order chi connectivity index (χ1) is 16.2. The van der Waals surface area contributed by atoms with Gasteiger partial charge in [-0.2, -0.15) is 13.2 Å². The molecule has 0 unspecified atom stereocenters. The van der Waals surface area contributed by atoms with Gasteiger partial charge in [-0.15, -0.1) is 0 Å². The number of nitrogens with one attached hydrogen (secondary N) is 2. The van der Waals surface area contributed by atoms with Crippen LogP contribution in [0.1, 0.15) is 17.0 Å². The summed E-state index contributed by atoms with van der Waals surface area (Å²) in [4.78, 5) is 21.0. The topological polar surface area (TPSA) is 81.1 Å². The zero-order chi connectivity index (χ0) is 24.5. The Hall–Kier alpha value is -3.79. The van der Waals surface area contributed by atoms with Gasteiger partial charge in [0.25, 0.3) is 0 Å². The summed E-state index contributed by atoms with van der Waals surface area (Å²) in [6, 6.07) is 10.9. The molecule has 0 spiro atoms. The van der Waals surface area contributed by atoms with Gasteiger partial charge in [-0.1, -0.05) is 23.7 Å². The van der Waals surface area contributed by atoms with Crippen molar-refractivity contribution in [2.45, 2.75) is 19.6 Å². The van der Waals surface area contributed by atoms with Crippen molar-refractivity contribution in [3.8, 4) is 5.75 Å². The Kier molecular flexibility index (Phi) is 6.34. The van der Waals surface area contributed by atoms with Crippen molar-refractivity contribution in [3.63, 3.8) is 0 Å². The third kappa shape index (κ3) is 4.91. The zero-order valence-corrected chi connectivity index (χ0v) is 18.8. The Balaban J connectivity index is 1.47. The molecular formula is C23H19ClF3N5O2. The Morgan fingerprint density at radius 1 is 1.12 bits per heavy atom. The summed E-state index contributed by atoms with van der Waals surface area (Å²) in [5, 5.41) is 5.36. The summed E-state index contributed by atoms with van der Waals surface area (Å²) < 4.78 is 46.0. The molecule has 176 valence electrons. The van der Waals surface area contributed by atoms with Gasteiger partial charge < -0.3 is 19.9 Å². The van der Waals surface area contributed by atoms with E-state index in [4.69, 9.17) is 16.3 Å². The fourth-order valence-corrected chi connectivity index (χ4v) is 3.75. The zero-order valence-electron chi connectivity index (χ0n) is 18.1. The third-order valence-electron chi connectivity index (χ3n) is 5.13. The number of pyridine rings is 1. The summed E-state index contributed by atoms with van der Waals surface area (Å²) in [7, 11) is 1.30. The van der Waals surface area contributed by atoms with Crippen LogP contribution in [-0.2, 0) is 12.7 Å². The summed E-state index contributed by atoms with van der Waals surface area (Å²) >= 11 is 6.25. The van der Waals surface area contributed by atoms with Crippen LogP contribution in [0.2, 0.25) is 5.15 Å². The predicted molar refractivity (Wildman–Crippen MR) is 123 cm³/mol. The number of hydrogen-bond donors (Lipinski definition) is 2. The van der Waals surface area contributed by atoms with Gasteiger partial charge in [-0.25, -0.2) is 14.8 Å². The number of aryl methyl sites for hydroxylation is 1. The van der Waals surface area contributed by atoms with Gasteiger partial charge in [0.1, 0.15) is 17.1 Å². The number of ether oxygens (including phenoxy) is 1. The number of rotatable bonds is 5. The molecular weight excluding hydrogens is 471 g/mol. The van der Waals surface area contributed by atoms with E-state index >= 15 is 0 Å². The van der Waals surface area contributed by atoms with Crippen LogP contribution in [0.4, 0.5) is 29.3 Å². The molecule has 34 heavy (non-hydrogen) atoms. The number of imidazole rings is 1. The average molecular weight is 490 g/mol. The number of fused-ring (bicyclic) bond motifs is 1. The lowest BCUT2D eigenvalue weighted by Gasteiger charge is -2.14. The molecule has 2 aromatic heterocycles. The van der Waals surface area contributed by atoms with Crippen molar-refractivity contribution >= 4 is 40.0 Å². The van der Waals surface area contributed by atoms with Gasteiger partial charge in [0.15, 0.2) is 5.15 Å². The maximum Gasteiger partial charge on any atom is 0.416 e. The number of hydrogen-bond acceptors (Lipinski definition) is 4. The minimum Gasteiger partial charge on any atom is -0.495 e. The Labute approximate surface area is 197 Å². The predicted octanol–water partition coefficient (Wildman–Crippen LogP) is 6.11. The molecule has 4 aromatic rings. The highest BCUT2D eigenvalue weighted by atomic mass is 35.5. The smallest absolute Gasteiger partial charge is 0.416 e. The number of amides is 2. The molecule has 2 amide bonds. The van der Waals surface area contributed by atoms with Crippen molar-refractivity contribution in [2.24, 2.45) is 0 Å². The number of carbonyl (C=O) groups excluding carboxylic acids is 1. The van der Waals surface area contributed by atoms with Crippen molar-refractivity contribution in [1.82, 2.24) is 14.5 Å². The first kappa shape index (κ1) is 23.4. The molecule has 2 aromatic carbocycles. The van der Waals surface area contributed by atoms with Crippen LogP contribution in [0, 0.1) is 6.92 Å². The van der Waals surface area contributed by atoms with Gasteiger partial charge >= 0.3 is 12.2 Å². The number of urea groups is 1. The van der Waals surface area contributed by atoms with Crippen LogP contribution in [0.5, 0.6) is 5.75 Å². The molecule has 0 bridgehead atoms. The van der Waals surface area contributed by atoms with Crippen LogP contribution in [0.25, 0.3) is 11.0 Å². The molecule has 0 aliphatic heterocycles. The number of alkyl halides is 3. The van der Waals surface area contributed by atoms with E-state index in [1.165, 1.54) is 7.11 Å². The largest absolute Gasteiger partial charge is 0.495 e. The van der Waals surface area contributed by atoms with Gasteiger partial charge in [0.2, 0.25) is 0 Å². The van der Waals surface area contributed by atoms with E-state index in [9.17, 15) is 18.0 Å². The van der Waals surface area contributed by atoms with Crippen LogP contribution < -0.4 is 15.4 Å². The standard InChI is InChI=1S/C23H19ClF3N5O2/c1-13-29-17-9-10-28-21(24)20(17)32(13)12-14-3-6-16(7-4-14)30-22(33)31-18-11-15(23(25,26)27)5-8-19(18)34-2/h3-11H,12H2,1-2H3,(H2,30,31,33). The maximum absolute atomic E-state index is 13.0. The Morgan fingerprint density at radius 2 is 1.85 bits per heavy atom. The SMILES string of the molecule is COc1ccc(C(F)(F)F)cc1NC(=O)Nc1ccc(Cn2c(C)nc3ccnc(Cl)c32)cc1. The molecule has 4 rings (SSSR count). The normalized spacial score (nSPS) is 11.5. The van der Waals surface area contributed by atoms with E-state index in [2.05, 4.69) is 20.6 Å². The molecule has 0 saturated carbocycles. The van der Waals surface area contributed by atoms with E-state index in [-0.39, 0.29) is 11.4 Å². The molecule has 7 nitrogen and oxygen atoms in total. The van der Waals surface area contributed by atoms with E-state index in [0.717, 1.165) is 40.6 Å². The highest BCUT2D eigenvalue weighted by Crippen LogP contribution is 2.35.